The van der Waals surface area contributed by atoms with Crippen molar-refractivity contribution in [1.29, 1.82) is 0 Å². The maximum atomic E-state index is 11.2. The van der Waals surface area contributed by atoms with Crippen LogP contribution in [0.1, 0.15) is 20.8 Å². The van der Waals surface area contributed by atoms with Crippen LogP contribution in [0.5, 0.6) is 0 Å². The van der Waals surface area contributed by atoms with Gasteiger partial charge >= 0.3 is 5.97 Å². The highest BCUT2D eigenvalue weighted by atomic mass is 35.5. The van der Waals surface area contributed by atoms with Gasteiger partial charge in [0.1, 0.15) is 10.7 Å². The molecular weight excluding hydrogens is 208 g/mol. The van der Waals surface area contributed by atoms with Gasteiger partial charge in [-0.25, -0.2) is 0 Å². The molecule has 1 saturated heterocycles. The molecule has 0 aromatic rings. The number of ether oxygens (including phenoxy) is 2. The molecule has 1 fully saturated rings. The zero-order valence-electron chi connectivity index (χ0n) is 8.37. The van der Waals surface area contributed by atoms with Crippen molar-refractivity contribution in [1.82, 2.24) is 0 Å². The Kier molecular flexibility index (Phi) is 3.17. The second kappa shape index (κ2) is 3.87. The van der Waals surface area contributed by atoms with Crippen LogP contribution in [-0.4, -0.2) is 29.5 Å². The molecule has 0 aromatic heterocycles. The van der Waals surface area contributed by atoms with Crippen molar-refractivity contribution < 1.29 is 19.1 Å². The van der Waals surface area contributed by atoms with Gasteiger partial charge in [0.25, 0.3) is 0 Å². The van der Waals surface area contributed by atoms with Gasteiger partial charge in [-0.15, -0.1) is 11.6 Å². The molecule has 14 heavy (non-hydrogen) atoms. The van der Waals surface area contributed by atoms with Crippen molar-refractivity contribution in [3.05, 3.63) is 0 Å². The van der Waals surface area contributed by atoms with Crippen LogP contribution in [0, 0.1) is 5.92 Å². The molecular formula is C9H13ClO4. The second-order valence-corrected chi connectivity index (χ2v) is 4.40. The van der Waals surface area contributed by atoms with E-state index in [-0.39, 0.29) is 12.4 Å². The van der Waals surface area contributed by atoms with Crippen LogP contribution in [0.15, 0.2) is 0 Å². The molecule has 0 bridgehead atoms. The molecule has 0 N–H and O–H groups in total. The fourth-order valence-corrected chi connectivity index (χ4v) is 1.81. The largest absolute Gasteiger partial charge is 0.434 e. The number of ketones is 1. The molecule has 0 aliphatic carbocycles. The summed E-state index contributed by atoms with van der Waals surface area (Å²) >= 11 is 6.12. The standard InChI is InChI=1S/C9H13ClO4/c1-5(11)7-4-13-8(9(7,3)10)14-6(2)12/h7-8H,4H2,1-3H3. The fourth-order valence-electron chi connectivity index (χ4n) is 1.49. The van der Waals surface area contributed by atoms with E-state index in [1.54, 1.807) is 6.92 Å². The first-order valence-electron chi connectivity index (χ1n) is 4.34. The molecule has 0 saturated carbocycles. The Morgan fingerprint density at radius 1 is 1.50 bits per heavy atom. The SMILES string of the molecule is CC(=O)OC1OCC(C(C)=O)C1(C)Cl. The number of hydrogen-bond donors (Lipinski definition) is 0. The summed E-state index contributed by atoms with van der Waals surface area (Å²) in [5.74, 6) is -0.947. The van der Waals surface area contributed by atoms with Gasteiger partial charge in [-0.2, -0.15) is 0 Å². The summed E-state index contributed by atoms with van der Waals surface area (Å²) in [5.41, 5.74) is 0. The van der Waals surface area contributed by atoms with Crippen molar-refractivity contribution in [2.45, 2.75) is 31.9 Å². The van der Waals surface area contributed by atoms with E-state index < -0.39 is 23.1 Å². The first-order chi connectivity index (χ1) is 6.35. The zero-order valence-corrected chi connectivity index (χ0v) is 9.13. The molecule has 1 aliphatic heterocycles. The minimum Gasteiger partial charge on any atom is -0.434 e. The summed E-state index contributed by atoms with van der Waals surface area (Å²) in [5, 5.41) is 0. The van der Waals surface area contributed by atoms with Gasteiger partial charge in [0, 0.05) is 6.92 Å². The lowest BCUT2D eigenvalue weighted by Gasteiger charge is -2.25. The number of carbonyl (C=O) groups excluding carboxylic acids is 2. The first kappa shape index (κ1) is 11.5. The Bertz CT molecular complexity index is 262. The van der Waals surface area contributed by atoms with E-state index in [0.717, 1.165) is 0 Å². The Morgan fingerprint density at radius 2 is 2.07 bits per heavy atom. The van der Waals surface area contributed by atoms with Crippen LogP contribution in [0.2, 0.25) is 0 Å². The van der Waals surface area contributed by atoms with Crippen LogP contribution in [0.4, 0.5) is 0 Å². The molecule has 1 rings (SSSR count). The van der Waals surface area contributed by atoms with Crippen LogP contribution >= 0.6 is 11.6 Å². The highest BCUT2D eigenvalue weighted by molar-refractivity contribution is 6.26. The van der Waals surface area contributed by atoms with Crippen LogP contribution in [0.3, 0.4) is 0 Å². The predicted octanol–water partition coefficient (Wildman–Crippen LogP) is 1.11. The molecule has 3 unspecified atom stereocenters. The van der Waals surface area contributed by atoms with Crippen molar-refractivity contribution in [3.8, 4) is 0 Å². The number of alkyl halides is 1. The van der Waals surface area contributed by atoms with Gasteiger partial charge in [-0.1, -0.05) is 0 Å². The van der Waals surface area contributed by atoms with E-state index in [1.807, 2.05) is 0 Å². The van der Waals surface area contributed by atoms with Crippen molar-refractivity contribution in [2.75, 3.05) is 6.61 Å². The molecule has 0 spiro atoms. The third kappa shape index (κ3) is 2.07. The van der Waals surface area contributed by atoms with Gasteiger partial charge in [0.2, 0.25) is 6.29 Å². The third-order valence-electron chi connectivity index (χ3n) is 2.32. The number of carbonyl (C=O) groups is 2. The molecule has 0 amide bonds. The Hall–Kier alpha value is -0.610. The normalized spacial score (nSPS) is 36.9. The lowest BCUT2D eigenvalue weighted by molar-refractivity contribution is -0.170. The molecule has 3 atom stereocenters. The highest BCUT2D eigenvalue weighted by Gasteiger charge is 2.51. The molecule has 0 radical (unpaired) electrons. The van der Waals surface area contributed by atoms with E-state index in [2.05, 4.69) is 0 Å². The van der Waals surface area contributed by atoms with Crippen LogP contribution in [-0.2, 0) is 19.1 Å². The maximum absolute atomic E-state index is 11.2. The Morgan fingerprint density at radius 3 is 2.43 bits per heavy atom. The van der Waals surface area contributed by atoms with Crippen LogP contribution in [0.25, 0.3) is 0 Å². The van der Waals surface area contributed by atoms with Crippen molar-refractivity contribution in [2.24, 2.45) is 5.92 Å². The van der Waals surface area contributed by atoms with Gasteiger partial charge in [-0.3, -0.25) is 9.59 Å². The highest BCUT2D eigenvalue weighted by Crippen LogP contribution is 2.38. The minimum absolute atomic E-state index is 0.0582. The van der Waals surface area contributed by atoms with E-state index >= 15 is 0 Å². The molecule has 1 aliphatic rings. The monoisotopic (exact) mass is 220 g/mol. The third-order valence-corrected chi connectivity index (χ3v) is 2.76. The van der Waals surface area contributed by atoms with Gasteiger partial charge in [-0.05, 0) is 13.8 Å². The average molecular weight is 221 g/mol. The molecule has 5 heteroatoms. The van der Waals surface area contributed by atoms with Gasteiger partial charge in [0.15, 0.2) is 0 Å². The van der Waals surface area contributed by atoms with E-state index in [1.165, 1.54) is 13.8 Å². The maximum Gasteiger partial charge on any atom is 0.305 e. The smallest absolute Gasteiger partial charge is 0.305 e. The number of Topliss-reactive ketones (excluding diaryl/α,β-unsaturated/α-hetero) is 1. The number of halogens is 1. The lowest BCUT2D eigenvalue weighted by Crippen LogP contribution is -2.40. The van der Waals surface area contributed by atoms with Crippen molar-refractivity contribution in [3.63, 3.8) is 0 Å². The lowest BCUT2D eigenvalue weighted by atomic mass is 9.92. The summed E-state index contributed by atoms with van der Waals surface area (Å²) in [7, 11) is 0. The second-order valence-electron chi connectivity index (χ2n) is 3.59. The minimum atomic E-state index is -0.961. The van der Waals surface area contributed by atoms with Crippen LogP contribution < -0.4 is 0 Å². The Labute approximate surface area is 87.5 Å². The van der Waals surface area contributed by atoms with E-state index in [4.69, 9.17) is 21.1 Å². The number of rotatable bonds is 2. The quantitative estimate of drug-likeness (QED) is 0.517. The Balaban J connectivity index is 2.75. The molecule has 80 valence electrons. The van der Waals surface area contributed by atoms with E-state index in [9.17, 15) is 9.59 Å². The molecule has 4 nitrogen and oxygen atoms in total. The predicted molar refractivity (Wildman–Crippen MR) is 49.9 cm³/mol. The fraction of sp³-hybridized carbons (Fsp3) is 0.778. The molecule has 0 aromatic carbocycles. The number of hydrogen-bond acceptors (Lipinski definition) is 4. The topological polar surface area (TPSA) is 52.6 Å². The summed E-state index contributed by atoms with van der Waals surface area (Å²) in [6.07, 6.45) is -0.837. The van der Waals surface area contributed by atoms with E-state index in [0.29, 0.717) is 0 Å². The summed E-state index contributed by atoms with van der Waals surface area (Å²) < 4.78 is 10.0. The number of esters is 1. The van der Waals surface area contributed by atoms with Crippen molar-refractivity contribution >= 4 is 23.4 Å². The van der Waals surface area contributed by atoms with Gasteiger partial charge in [0.05, 0.1) is 12.5 Å². The summed E-state index contributed by atoms with van der Waals surface area (Å²) in [4.78, 5) is 20.9. The van der Waals surface area contributed by atoms with Gasteiger partial charge < -0.3 is 9.47 Å². The average Bonchev–Trinajstić information content (AvgIpc) is 2.26. The summed E-state index contributed by atoms with van der Waals surface area (Å²) in [6.45, 7) is 4.57. The zero-order chi connectivity index (χ0) is 10.9. The molecule has 1 heterocycles. The first-order valence-corrected chi connectivity index (χ1v) is 4.71. The summed E-state index contributed by atoms with van der Waals surface area (Å²) in [6, 6.07) is 0.